The first-order chi connectivity index (χ1) is 35.5. The van der Waals surface area contributed by atoms with Crippen molar-refractivity contribution < 1.29 is 42.0 Å². The summed E-state index contributed by atoms with van der Waals surface area (Å²) in [6.07, 6.45) is 5.35. The molecule has 3 aliphatic rings. The Morgan fingerprint density at radius 3 is 1.51 bits per heavy atom. The van der Waals surface area contributed by atoms with Crippen molar-refractivity contribution in [1.82, 2.24) is 30.6 Å². The number of ether oxygens (including phenoxy) is 3. The number of halogens is 3. The summed E-state index contributed by atoms with van der Waals surface area (Å²) < 4.78 is 56.5. The molecule has 3 heterocycles. The molecule has 0 saturated carbocycles. The van der Waals surface area contributed by atoms with Gasteiger partial charge in [-0.1, -0.05) is 80.2 Å². The van der Waals surface area contributed by atoms with Crippen molar-refractivity contribution in [2.45, 2.75) is 89.7 Å². The number of methoxy groups -OCH3 is 2. The summed E-state index contributed by atoms with van der Waals surface area (Å²) in [5.74, 6) is 0.662. The van der Waals surface area contributed by atoms with Gasteiger partial charge < -0.3 is 38.6 Å². The predicted octanol–water partition coefficient (Wildman–Crippen LogP) is 11.5. The fourth-order valence-corrected chi connectivity index (χ4v) is 10.2. The van der Waals surface area contributed by atoms with Gasteiger partial charge in [0.1, 0.15) is 5.72 Å². The topological polar surface area (TPSA) is 161 Å². The summed E-state index contributed by atoms with van der Waals surface area (Å²) in [6.45, 7) is 6.62. The molecule has 0 radical (unpaired) electrons. The van der Waals surface area contributed by atoms with Crippen molar-refractivity contribution in [3.8, 4) is 57.3 Å². The molecule has 2 aromatic heterocycles. The molecule has 2 atom stereocenters. The molecule has 1 aliphatic heterocycles. The van der Waals surface area contributed by atoms with Crippen molar-refractivity contribution in [2.24, 2.45) is 0 Å². The molecule has 8 aromatic rings. The number of hydrogen-bond acceptors (Lipinski definition) is 13. The highest BCUT2D eigenvalue weighted by atomic mass is 35.5. The quantitative estimate of drug-likeness (QED) is 0.106. The third-order valence-electron chi connectivity index (χ3n) is 14.2. The maximum atomic E-state index is 14.2. The maximum absolute atomic E-state index is 14.2. The zero-order chi connectivity index (χ0) is 51.2. The number of aliphatic hydroxyl groups excluding tert-OH is 2. The zero-order valence-corrected chi connectivity index (χ0v) is 45.9. The van der Waals surface area contributed by atoms with Crippen LogP contribution in [0.25, 0.3) is 45.8 Å². The molecule has 1 saturated heterocycles. The molecule has 0 amide bonds. The minimum Gasteiger partial charge on any atom is -0.494 e. The van der Waals surface area contributed by atoms with E-state index in [2.05, 4.69) is 111 Å². The van der Waals surface area contributed by atoms with Crippen molar-refractivity contribution in [3.63, 3.8) is 0 Å². The molecule has 13 nitrogen and oxygen atoms in total. The second kappa shape index (κ2) is 26.9. The van der Waals surface area contributed by atoms with Crippen molar-refractivity contribution in [1.29, 1.82) is 0 Å². The van der Waals surface area contributed by atoms with Crippen LogP contribution < -0.4 is 14.8 Å². The summed E-state index contributed by atoms with van der Waals surface area (Å²) in [5.41, 5.74) is 9.33. The normalized spacial score (nSPS) is 17.7. The lowest BCUT2D eigenvalue weighted by Gasteiger charge is -2.45. The van der Waals surface area contributed by atoms with Crippen LogP contribution in [0.1, 0.15) is 67.5 Å². The standard InChI is InChI=1S/C30H30FN3O3.C27H26FN3O3.CH4O.CH4.ClH.2H2S/c1-29(2)34(18-20-7-5-4-6-8-20)30(19-36-29)14-13-21-9-10-22(15-24(21)17-30)27-32-33-28(37-27)23-11-12-26(35-3)25(31)16-23;1-33-24-10-9-21(14-23(24)28)26-31-30-25(34-26)20-8-7-19-11-12-27(17-32,15-22(19)13-20)29-16-18-5-3-2-4-6-18;1-2;;;;/h4-12,15-16H,13-14,17-19H2,1-3H3;2-10,13-14,29,32H,11-12,15-17H2,1H3;2H,1H3;1H4;1H;2*1H2/t30-;27-;;;;;/m00...../s1. The average molecular weight is 1110 g/mol. The lowest BCUT2D eigenvalue weighted by atomic mass is 9.76. The second-order valence-corrected chi connectivity index (χ2v) is 19.2. The van der Waals surface area contributed by atoms with Crippen molar-refractivity contribution in [2.75, 3.05) is 34.5 Å². The van der Waals surface area contributed by atoms with E-state index in [0.717, 1.165) is 62.4 Å². The van der Waals surface area contributed by atoms with Gasteiger partial charge in [-0.25, -0.2) is 8.78 Å². The molecule has 77 heavy (non-hydrogen) atoms. The number of nitrogens with one attached hydrogen (secondary N) is 1. The van der Waals surface area contributed by atoms with Gasteiger partial charge >= 0.3 is 0 Å². The number of aromatic nitrogens is 4. The van der Waals surface area contributed by atoms with Gasteiger partial charge in [0.15, 0.2) is 23.1 Å². The zero-order valence-electron chi connectivity index (χ0n) is 43.1. The molecule has 1 fully saturated rings. The fourth-order valence-electron chi connectivity index (χ4n) is 10.2. The van der Waals surface area contributed by atoms with Crippen LogP contribution in [0, 0.1) is 11.6 Å². The van der Waals surface area contributed by atoms with Crippen LogP contribution in [-0.4, -0.2) is 86.9 Å². The Bertz CT molecular complexity index is 3170. The number of rotatable bonds is 12. The molecule has 3 N–H and O–H groups in total. The molecule has 18 heteroatoms. The van der Waals surface area contributed by atoms with Gasteiger partial charge in [-0.2, -0.15) is 27.0 Å². The number of fused-ring (bicyclic) bond motifs is 2. The van der Waals surface area contributed by atoms with E-state index < -0.39 is 11.6 Å². The molecule has 0 unspecified atom stereocenters. The molecule has 1 spiro atoms. The van der Waals surface area contributed by atoms with E-state index in [0.29, 0.717) is 42.5 Å². The van der Waals surface area contributed by atoms with Crippen molar-refractivity contribution in [3.05, 3.63) is 178 Å². The Kier molecular flexibility index (Phi) is 21.6. The number of hydrogen-bond donors (Lipinski definition) is 3. The molecular formula is C59H69ClF2N6O7S2. The minimum atomic E-state index is -0.489. The van der Waals surface area contributed by atoms with Crippen LogP contribution in [0.4, 0.5) is 8.78 Å². The third kappa shape index (κ3) is 13.6. The molecule has 410 valence electrons. The van der Waals surface area contributed by atoms with Crippen LogP contribution in [0.3, 0.4) is 0 Å². The van der Waals surface area contributed by atoms with Crippen LogP contribution in [0.2, 0.25) is 0 Å². The number of aryl methyl sites for hydroxylation is 2. The van der Waals surface area contributed by atoms with Gasteiger partial charge in [0.2, 0.25) is 23.6 Å². The second-order valence-electron chi connectivity index (χ2n) is 19.2. The first-order valence-electron chi connectivity index (χ1n) is 24.4. The maximum Gasteiger partial charge on any atom is 0.248 e. The monoisotopic (exact) mass is 1110 g/mol. The first-order valence-corrected chi connectivity index (χ1v) is 24.4. The Morgan fingerprint density at radius 2 is 1.04 bits per heavy atom. The van der Waals surface area contributed by atoms with Gasteiger partial charge in [-0.3, -0.25) is 4.90 Å². The molecule has 11 rings (SSSR count). The highest BCUT2D eigenvalue weighted by molar-refractivity contribution is 7.59. The Balaban J connectivity index is 0.000000263. The SMILES string of the molecule is C.CO.COc1ccc(-c2nnc(-c3ccc4c(c3)C[C@@](CO)(NCc3ccccc3)CC4)o2)cc1F.COc1ccc(-c2nnc(-c3ccc4c(c3)C[C@@]3(CC4)COC(C)(C)N3Cc3ccccc3)o2)cc1F.Cl.S.S. The Labute approximate surface area is 469 Å². The summed E-state index contributed by atoms with van der Waals surface area (Å²) in [7, 11) is 3.85. The predicted molar refractivity (Wildman–Crippen MR) is 308 cm³/mol. The van der Waals surface area contributed by atoms with Gasteiger partial charge in [0.25, 0.3) is 0 Å². The largest absolute Gasteiger partial charge is 0.494 e. The number of benzene rings is 6. The van der Waals surface area contributed by atoms with Crippen LogP contribution in [0.15, 0.2) is 142 Å². The van der Waals surface area contributed by atoms with Crippen molar-refractivity contribution >= 4 is 39.4 Å². The number of nitrogens with zero attached hydrogens (tertiary/aromatic N) is 5. The van der Waals surface area contributed by atoms with E-state index in [1.54, 1.807) is 18.2 Å². The fraction of sp³-hybridized carbons (Fsp3) is 0.322. The van der Waals surface area contributed by atoms with E-state index >= 15 is 0 Å². The lowest BCUT2D eigenvalue weighted by molar-refractivity contribution is -0.0673. The van der Waals surface area contributed by atoms with E-state index in [1.165, 1.54) is 60.2 Å². The molecule has 6 aromatic carbocycles. The summed E-state index contributed by atoms with van der Waals surface area (Å²) in [6, 6.07) is 42.4. The van der Waals surface area contributed by atoms with E-state index in [9.17, 15) is 13.9 Å². The first kappa shape index (κ1) is 61.7. The smallest absolute Gasteiger partial charge is 0.248 e. The average Bonchev–Trinajstić information content (AvgIpc) is 4.19. The van der Waals surface area contributed by atoms with Gasteiger partial charge in [0, 0.05) is 48.0 Å². The molecule has 2 aliphatic carbocycles. The lowest BCUT2D eigenvalue weighted by Crippen LogP contribution is -2.54. The highest BCUT2D eigenvalue weighted by Gasteiger charge is 2.52. The van der Waals surface area contributed by atoms with Gasteiger partial charge in [-0.15, -0.1) is 32.8 Å². The van der Waals surface area contributed by atoms with E-state index in [1.807, 2.05) is 30.3 Å². The number of aliphatic hydroxyl groups is 2. The summed E-state index contributed by atoms with van der Waals surface area (Å²) >= 11 is 0. The third-order valence-corrected chi connectivity index (χ3v) is 14.2. The van der Waals surface area contributed by atoms with E-state index in [4.69, 9.17) is 28.2 Å². The van der Waals surface area contributed by atoms with E-state index in [-0.39, 0.29) is 93.5 Å². The molecular weight excluding hydrogens is 1040 g/mol. The van der Waals surface area contributed by atoms with Gasteiger partial charge in [-0.05, 0) is 146 Å². The van der Waals surface area contributed by atoms with Crippen LogP contribution in [0.5, 0.6) is 11.5 Å². The highest BCUT2D eigenvalue weighted by Crippen LogP contribution is 2.45. The van der Waals surface area contributed by atoms with Crippen LogP contribution >= 0.6 is 39.4 Å². The minimum absolute atomic E-state index is 0. The Morgan fingerprint density at radius 1 is 0.597 bits per heavy atom. The summed E-state index contributed by atoms with van der Waals surface area (Å²) in [5, 5.41) is 37.6. The molecule has 0 bridgehead atoms. The van der Waals surface area contributed by atoms with Crippen LogP contribution in [-0.2, 0) is 43.5 Å². The van der Waals surface area contributed by atoms with Gasteiger partial charge in [0.05, 0.1) is 33.0 Å². The Hall–Kier alpha value is -6.15. The summed E-state index contributed by atoms with van der Waals surface area (Å²) in [4.78, 5) is 2.54.